The van der Waals surface area contributed by atoms with E-state index < -0.39 is 29.6 Å². The number of hydrogen-bond donors (Lipinski definition) is 1. The van der Waals surface area contributed by atoms with Gasteiger partial charge in [-0.3, -0.25) is 14.2 Å². The molecule has 1 amide bonds. The molecule has 0 spiro atoms. The third-order valence-electron chi connectivity index (χ3n) is 5.89. The first kappa shape index (κ1) is 25.1. The Morgan fingerprint density at radius 3 is 2.63 bits per heavy atom. The smallest absolute Gasteiger partial charge is 0.350 e. The molecular weight excluding hydrogens is 481 g/mol. The van der Waals surface area contributed by atoms with Crippen LogP contribution in [0.25, 0.3) is 10.3 Å². The van der Waals surface area contributed by atoms with Crippen molar-refractivity contribution < 1.29 is 18.0 Å². The van der Waals surface area contributed by atoms with Crippen LogP contribution in [0.15, 0.2) is 35.1 Å². The fourth-order valence-electron chi connectivity index (χ4n) is 4.39. The van der Waals surface area contributed by atoms with Crippen molar-refractivity contribution in [2.75, 3.05) is 32.1 Å². The largest absolute Gasteiger partial charge is 0.449 e. The molecule has 12 heteroatoms. The van der Waals surface area contributed by atoms with Gasteiger partial charge in [-0.05, 0) is 39.4 Å². The van der Waals surface area contributed by atoms with Crippen LogP contribution >= 0.6 is 11.3 Å². The highest BCUT2D eigenvalue weighted by Gasteiger charge is 2.40. The summed E-state index contributed by atoms with van der Waals surface area (Å²) in [5.74, 6) is -1.43. The zero-order chi connectivity index (χ0) is 25.3. The third kappa shape index (κ3) is 5.32. The first-order valence-electron chi connectivity index (χ1n) is 11.3. The fourth-order valence-corrected chi connectivity index (χ4v) is 5.40. The van der Waals surface area contributed by atoms with Crippen LogP contribution < -0.4 is 15.8 Å². The van der Waals surface area contributed by atoms with E-state index in [0.29, 0.717) is 29.2 Å². The van der Waals surface area contributed by atoms with Gasteiger partial charge in [-0.1, -0.05) is 41.7 Å². The Balaban J connectivity index is 1.66. The molecule has 3 heterocycles. The lowest BCUT2D eigenvalue weighted by molar-refractivity contribution is -0.148. The van der Waals surface area contributed by atoms with Crippen molar-refractivity contribution in [1.82, 2.24) is 24.8 Å². The van der Waals surface area contributed by atoms with Crippen LogP contribution in [0.4, 0.5) is 18.3 Å². The van der Waals surface area contributed by atoms with Crippen molar-refractivity contribution in [3.63, 3.8) is 0 Å². The van der Waals surface area contributed by atoms with Gasteiger partial charge in [-0.2, -0.15) is 13.2 Å². The van der Waals surface area contributed by atoms with Crippen LogP contribution in [-0.4, -0.2) is 58.6 Å². The van der Waals surface area contributed by atoms with Gasteiger partial charge in [0.1, 0.15) is 6.04 Å². The van der Waals surface area contributed by atoms with E-state index in [1.807, 2.05) is 30.3 Å². The second kappa shape index (κ2) is 9.94. The Bertz CT molecular complexity index is 1260. The number of rotatable bonds is 7. The molecule has 0 bridgehead atoms. The lowest BCUT2D eigenvalue weighted by Gasteiger charge is -2.23. The topological polar surface area (TPSA) is 83.4 Å². The number of fused-ring (bicyclic) bond motifs is 1. The minimum Gasteiger partial charge on any atom is -0.350 e. The second-order valence-corrected chi connectivity index (χ2v) is 9.88. The molecule has 2 aromatic heterocycles. The van der Waals surface area contributed by atoms with Crippen LogP contribution in [0.2, 0.25) is 0 Å². The van der Waals surface area contributed by atoms with E-state index in [-0.39, 0.29) is 22.8 Å². The number of alkyl halides is 3. The van der Waals surface area contributed by atoms with Crippen molar-refractivity contribution in [2.45, 2.75) is 44.6 Å². The van der Waals surface area contributed by atoms with Gasteiger partial charge in [0.05, 0.1) is 0 Å². The summed E-state index contributed by atoms with van der Waals surface area (Å²) >= 11 is 0.909. The van der Waals surface area contributed by atoms with Crippen molar-refractivity contribution in [3.05, 3.63) is 52.1 Å². The fraction of sp³-hybridized carbons (Fsp3) is 0.478. The minimum atomic E-state index is -4.80. The minimum absolute atomic E-state index is 0.0824. The van der Waals surface area contributed by atoms with Gasteiger partial charge in [-0.15, -0.1) is 0 Å². The average Bonchev–Trinajstić information content (AvgIpc) is 3.44. The summed E-state index contributed by atoms with van der Waals surface area (Å²) in [6, 6.07) is 8.21. The summed E-state index contributed by atoms with van der Waals surface area (Å²) in [7, 11) is 3.44. The number of likely N-dealkylation sites (N-methyl/N-ethyl adjacent to an activating group) is 1. The Hall–Kier alpha value is -2.99. The molecule has 0 saturated carbocycles. The second-order valence-electron chi connectivity index (χ2n) is 8.92. The van der Waals surface area contributed by atoms with Crippen LogP contribution in [0, 0.1) is 0 Å². The summed E-state index contributed by atoms with van der Waals surface area (Å²) in [6.07, 6.45) is -3.49. The molecule has 3 aromatic rings. The molecule has 1 aliphatic rings. The quantitative estimate of drug-likeness (QED) is 0.528. The molecular formula is C23H27F3N6O2S. The number of amides is 1. The normalized spacial score (nSPS) is 17.3. The van der Waals surface area contributed by atoms with Gasteiger partial charge in [-0.25, -0.2) is 9.97 Å². The standard InChI is InChI=1S/C23H27F3N6O2S/c1-14(13-30(2)3)32-20(34)17-19(29-21(32)23(24,25)26)35-22(28-17)31-11-7-10-16(31)18(33)27-12-15-8-5-4-6-9-15/h4-6,8-9,14,16H,7,10-13H2,1-3H3,(H,27,33). The number of aromatic nitrogens is 3. The highest BCUT2D eigenvalue weighted by Crippen LogP contribution is 2.35. The number of hydrogen-bond acceptors (Lipinski definition) is 7. The molecule has 2 atom stereocenters. The number of thiazole rings is 1. The van der Waals surface area contributed by atoms with Gasteiger partial charge in [0.15, 0.2) is 15.5 Å². The zero-order valence-corrected chi connectivity index (χ0v) is 20.5. The van der Waals surface area contributed by atoms with Crippen molar-refractivity contribution >= 4 is 32.7 Å². The predicted molar refractivity (Wildman–Crippen MR) is 129 cm³/mol. The maximum Gasteiger partial charge on any atom is 0.449 e. The zero-order valence-electron chi connectivity index (χ0n) is 19.7. The van der Waals surface area contributed by atoms with Gasteiger partial charge < -0.3 is 15.1 Å². The number of nitrogens with zero attached hydrogens (tertiary/aromatic N) is 5. The van der Waals surface area contributed by atoms with Crippen LogP contribution in [0.3, 0.4) is 0 Å². The van der Waals surface area contributed by atoms with E-state index in [1.165, 1.54) is 0 Å². The number of carbonyl (C=O) groups is 1. The summed E-state index contributed by atoms with van der Waals surface area (Å²) in [4.78, 5) is 37.7. The number of carbonyl (C=O) groups excluding carboxylic acids is 1. The molecule has 2 unspecified atom stereocenters. The molecule has 35 heavy (non-hydrogen) atoms. The maximum atomic E-state index is 13.8. The van der Waals surface area contributed by atoms with E-state index in [2.05, 4.69) is 15.3 Å². The third-order valence-corrected chi connectivity index (χ3v) is 6.88. The Morgan fingerprint density at radius 2 is 1.97 bits per heavy atom. The van der Waals surface area contributed by atoms with E-state index in [0.717, 1.165) is 23.3 Å². The van der Waals surface area contributed by atoms with E-state index in [9.17, 15) is 22.8 Å². The van der Waals surface area contributed by atoms with E-state index in [4.69, 9.17) is 0 Å². The van der Waals surface area contributed by atoms with E-state index >= 15 is 0 Å². The number of anilines is 1. The highest BCUT2D eigenvalue weighted by atomic mass is 32.1. The monoisotopic (exact) mass is 508 g/mol. The highest BCUT2D eigenvalue weighted by molar-refractivity contribution is 7.21. The Morgan fingerprint density at radius 1 is 1.26 bits per heavy atom. The first-order chi connectivity index (χ1) is 16.6. The molecule has 1 N–H and O–H groups in total. The van der Waals surface area contributed by atoms with Gasteiger partial charge >= 0.3 is 6.18 Å². The SMILES string of the molecule is CC(CN(C)C)n1c(C(F)(F)F)nc2sc(N3CCCC3C(=O)NCc3ccccc3)nc2c1=O. The number of halogens is 3. The predicted octanol–water partition coefficient (Wildman–Crippen LogP) is 3.28. The summed E-state index contributed by atoms with van der Waals surface area (Å²) in [5, 5.41) is 3.25. The molecule has 1 aliphatic heterocycles. The summed E-state index contributed by atoms with van der Waals surface area (Å²) < 4.78 is 42.2. The van der Waals surface area contributed by atoms with Crippen molar-refractivity contribution in [3.8, 4) is 0 Å². The first-order valence-corrected chi connectivity index (χ1v) is 12.1. The van der Waals surface area contributed by atoms with Crippen molar-refractivity contribution in [1.29, 1.82) is 0 Å². The molecule has 1 fully saturated rings. The lowest BCUT2D eigenvalue weighted by atomic mass is 10.2. The molecule has 0 radical (unpaired) electrons. The molecule has 0 aliphatic carbocycles. The summed E-state index contributed by atoms with van der Waals surface area (Å²) in [5.41, 5.74) is 0.0176. The van der Waals surface area contributed by atoms with E-state index in [1.54, 1.807) is 30.8 Å². The van der Waals surface area contributed by atoms with Gasteiger partial charge in [0.25, 0.3) is 5.56 Å². The molecule has 8 nitrogen and oxygen atoms in total. The molecule has 188 valence electrons. The lowest BCUT2D eigenvalue weighted by Crippen LogP contribution is -2.43. The number of nitrogens with one attached hydrogen (secondary N) is 1. The maximum absolute atomic E-state index is 13.8. The molecule has 1 aromatic carbocycles. The van der Waals surface area contributed by atoms with Crippen LogP contribution in [0.5, 0.6) is 0 Å². The molecule has 1 saturated heterocycles. The molecule has 4 rings (SSSR count). The van der Waals surface area contributed by atoms with Crippen LogP contribution in [-0.2, 0) is 17.5 Å². The van der Waals surface area contributed by atoms with Crippen LogP contribution in [0.1, 0.15) is 37.2 Å². The Kier molecular flexibility index (Phi) is 7.13. The summed E-state index contributed by atoms with van der Waals surface area (Å²) in [6.45, 7) is 2.66. The Labute approximate surface area is 204 Å². The number of benzene rings is 1. The van der Waals surface area contributed by atoms with Crippen molar-refractivity contribution in [2.24, 2.45) is 0 Å². The van der Waals surface area contributed by atoms with Gasteiger partial charge in [0, 0.05) is 25.7 Å². The van der Waals surface area contributed by atoms with Gasteiger partial charge in [0.2, 0.25) is 11.7 Å². The average molecular weight is 509 g/mol.